The van der Waals surface area contributed by atoms with Crippen molar-refractivity contribution in [3.05, 3.63) is 59.7 Å². The first-order chi connectivity index (χ1) is 16.1. The van der Waals surface area contributed by atoms with E-state index in [1.54, 1.807) is 0 Å². The van der Waals surface area contributed by atoms with Crippen molar-refractivity contribution in [2.24, 2.45) is 0 Å². The highest BCUT2D eigenvalue weighted by molar-refractivity contribution is 5.84. The third-order valence-corrected chi connectivity index (χ3v) is 6.54. The molecule has 1 aliphatic carbocycles. The quantitative estimate of drug-likeness (QED) is 0.559. The van der Waals surface area contributed by atoms with Gasteiger partial charge in [0.15, 0.2) is 0 Å². The number of nitrogens with one attached hydrogen (secondary N) is 1. The summed E-state index contributed by atoms with van der Waals surface area (Å²) in [5.41, 5.74) is 4.75. The highest BCUT2D eigenvalue weighted by Gasteiger charge is 2.33. The number of likely N-dealkylation sites (tertiary alicyclic amines) is 1. The molecule has 0 radical (unpaired) electrons. The van der Waals surface area contributed by atoms with Gasteiger partial charge in [0, 0.05) is 25.4 Å². The molecular formula is C26H30N2O5. The molecule has 1 atom stereocenters. The summed E-state index contributed by atoms with van der Waals surface area (Å²) in [6, 6.07) is 15.8. The van der Waals surface area contributed by atoms with E-state index >= 15 is 0 Å². The molecule has 2 aliphatic rings. The molecule has 1 heterocycles. The number of hydrogen-bond acceptors (Lipinski definition) is 4. The number of hydrogen-bond donors (Lipinski definition) is 2. The second kappa shape index (κ2) is 10.5. The average Bonchev–Trinajstić information content (AvgIpc) is 3.43. The number of carboxylic acids is 1. The van der Waals surface area contributed by atoms with Crippen molar-refractivity contribution < 1.29 is 24.2 Å². The van der Waals surface area contributed by atoms with Crippen LogP contribution in [0.3, 0.4) is 0 Å². The van der Waals surface area contributed by atoms with Gasteiger partial charge in [-0.1, -0.05) is 55.0 Å². The molecule has 33 heavy (non-hydrogen) atoms. The number of nitrogens with zero attached hydrogens (tertiary/aromatic N) is 1. The molecule has 7 nitrogen and oxygen atoms in total. The Hall–Kier alpha value is -3.35. The van der Waals surface area contributed by atoms with Crippen molar-refractivity contribution in [2.45, 2.75) is 50.5 Å². The van der Waals surface area contributed by atoms with Crippen LogP contribution in [-0.2, 0) is 14.3 Å². The molecule has 7 heteroatoms. The van der Waals surface area contributed by atoms with Crippen LogP contribution >= 0.6 is 0 Å². The van der Waals surface area contributed by atoms with Crippen molar-refractivity contribution >= 4 is 18.0 Å². The van der Waals surface area contributed by atoms with Gasteiger partial charge in [0.05, 0.1) is 0 Å². The number of amides is 2. The average molecular weight is 451 g/mol. The minimum absolute atomic E-state index is 0.0365. The van der Waals surface area contributed by atoms with Gasteiger partial charge in [0.25, 0.3) is 0 Å². The SMILES string of the molecule is O=C(NCCCCCC(=O)N1CCC[C@@H]1C(=O)O)OCC1c2ccccc2-c2ccccc21. The van der Waals surface area contributed by atoms with Crippen LogP contribution in [0.15, 0.2) is 48.5 Å². The van der Waals surface area contributed by atoms with Crippen molar-refractivity contribution in [1.82, 2.24) is 10.2 Å². The fourth-order valence-electron chi connectivity index (χ4n) is 4.88. The molecule has 1 saturated heterocycles. The molecule has 0 saturated carbocycles. The fraction of sp³-hybridized carbons (Fsp3) is 0.423. The van der Waals surface area contributed by atoms with Crippen molar-refractivity contribution in [3.8, 4) is 11.1 Å². The zero-order valence-electron chi connectivity index (χ0n) is 18.7. The number of rotatable bonds is 9. The largest absolute Gasteiger partial charge is 0.480 e. The lowest BCUT2D eigenvalue weighted by atomic mass is 9.98. The summed E-state index contributed by atoms with van der Waals surface area (Å²) in [5.74, 6) is -0.980. The highest BCUT2D eigenvalue weighted by atomic mass is 16.5. The van der Waals surface area contributed by atoms with Gasteiger partial charge < -0.3 is 20.1 Å². The fourth-order valence-corrected chi connectivity index (χ4v) is 4.88. The van der Waals surface area contributed by atoms with E-state index in [1.807, 2.05) is 24.3 Å². The number of fused-ring (bicyclic) bond motifs is 3. The van der Waals surface area contributed by atoms with Gasteiger partial charge >= 0.3 is 12.1 Å². The Bertz CT molecular complexity index is 976. The summed E-state index contributed by atoms with van der Waals surface area (Å²) < 4.78 is 5.52. The number of ether oxygens (including phenoxy) is 1. The van der Waals surface area contributed by atoms with Crippen LogP contribution in [0.1, 0.15) is 55.6 Å². The third kappa shape index (κ3) is 5.18. The predicted molar refractivity (Wildman–Crippen MR) is 124 cm³/mol. The maximum absolute atomic E-state index is 12.3. The molecule has 1 aliphatic heterocycles. The lowest BCUT2D eigenvalue weighted by Crippen LogP contribution is -2.40. The molecule has 174 valence electrons. The monoisotopic (exact) mass is 450 g/mol. The van der Waals surface area contributed by atoms with Crippen LogP contribution < -0.4 is 5.32 Å². The molecular weight excluding hydrogens is 420 g/mol. The van der Waals surface area contributed by atoms with Crippen LogP contribution in [0.25, 0.3) is 11.1 Å². The zero-order valence-corrected chi connectivity index (χ0v) is 18.7. The normalized spacial score (nSPS) is 16.8. The highest BCUT2D eigenvalue weighted by Crippen LogP contribution is 2.44. The summed E-state index contributed by atoms with van der Waals surface area (Å²) in [4.78, 5) is 37.1. The lowest BCUT2D eigenvalue weighted by molar-refractivity contribution is -0.148. The van der Waals surface area contributed by atoms with Crippen LogP contribution in [0, 0.1) is 0 Å². The summed E-state index contributed by atoms with van der Waals surface area (Å²) >= 11 is 0. The Morgan fingerprint density at radius 1 is 0.970 bits per heavy atom. The maximum atomic E-state index is 12.3. The molecule has 2 amide bonds. The van der Waals surface area contributed by atoms with E-state index in [0.717, 1.165) is 19.3 Å². The molecule has 0 aromatic heterocycles. The number of carbonyl (C=O) groups is 3. The first-order valence-electron chi connectivity index (χ1n) is 11.7. The number of unbranched alkanes of at least 4 members (excludes halogenated alkanes) is 2. The molecule has 0 bridgehead atoms. The molecule has 2 aromatic carbocycles. The van der Waals surface area contributed by atoms with Gasteiger partial charge in [-0.15, -0.1) is 0 Å². The summed E-state index contributed by atoms with van der Waals surface area (Å²) in [6.07, 6.45) is 3.37. The Morgan fingerprint density at radius 2 is 1.64 bits per heavy atom. The Labute approximate surface area is 193 Å². The number of benzene rings is 2. The number of aliphatic carboxylic acids is 1. The number of carbonyl (C=O) groups excluding carboxylic acids is 2. The van der Waals surface area contributed by atoms with Crippen LogP contribution in [0.5, 0.6) is 0 Å². The first-order valence-corrected chi connectivity index (χ1v) is 11.7. The Morgan fingerprint density at radius 3 is 2.30 bits per heavy atom. The van der Waals surface area contributed by atoms with Gasteiger partial charge in [0.1, 0.15) is 12.6 Å². The van der Waals surface area contributed by atoms with Crippen molar-refractivity contribution in [2.75, 3.05) is 19.7 Å². The minimum Gasteiger partial charge on any atom is -0.480 e. The Balaban J connectivity index is 1.15. The second-order valence-electron chi connectivity index (χ2n) is 8.65. The van der Waals surface area contributed by atoms with Crippen molar-refractivity contribution in [3.63, 3.8) is 0 Å². The van der Waals surface area contributed by atoms with E-state index in [4.69, 9.17) is 4.74 Å². The van der Waals surface area contributed by atoms with E-state index < -0.39 is 18.1 Å². The lowest BCUT2D eigenvalue weighted by Gasteiger charge is -2.21. The van der Waals surface area contributed by atoms with Gasteiger partial charge in [-0.3, -0.25) is 4.79 Å². The third-order valence-electron chi connectivity index (χ3n) is 6.54. The topological polar surface area (TPSA) is 95.9 Å². The smallest absolute Gasteiger partial charge is 0.407 e. The van der Waals surface area contributed by atoms with E-state index in [1.165, 1.54) is 27.2 Å². The standard InChI is InChI=1S/C26H30N2O5/c29-24(28-16-8-13-23(28)25(30)31)14-2-1-7-15-27-26(32)33-17-22-20-11-5-3-9-18(20)19-10-4-6-12-21(19)22/h3-6,9-12,22-23H,1-2,7-8,13-17H2,(H,27,32)(H,30,31)/t23-/m1/s1. The zero-order chi connectivity index (χ0) is 23.2. The van der Waals surface area contributed by atoms with E-state index in [2.05, 4.69) is 29.6 Å². The van der Waals surface area contributed by atoms with Crippen molar-refractivity contribution in [1.29, 1.82) is 0 Å². The molecule has 2 N–H and O–H groups in total. The predicted octanol–water partition coefficient (Wildman–Crippen LogP) is 4.16. The van der Waals surface area contributed by atoms with Crippen LogP contribution in [-0.4, -0.2) is 53.7 Å². The van der Waals surface area contributed by atoms with E-state index in [0.29, 0.717) is 32.4 Å². The molecule has 0 unspecified atom stereocenters. The molecule has 0 spiro atoms. The van der Waals surface area contributed by atoms with Gasteiger partial charge in [-0.05, 0) is 47.9 Å². The van der Waals surface area contributed by atoms with Gasteiger partial charge in [0.2, 0.25) is 5.91 Å². The van der Waals surface area contributed by atoms with Gasteiger partial charge in [-0.25, -0.2) is 9.59 Å². The second-order valence-corrected chi connectivity index (χ2v) is 8.65. The van der Waals surface area contributed by atoms with Crippen LogP contribution in [0.2, 0.25) is 0 Å². The van der Waals surface area contributed by atoms with E-state index in [-0.39, 0.29) is 18.4 Å². The van der Waals surface area contributed by atoms with Gasteiger partial charge in [-0.2, -0.15) is 0 Å². The summed E-state index contributed by atoms with van der Waals surface area (Å²) in [6.45, 7) is 1.29. The summed E-state index contributed by atoms with van der Waals surface area (Å²) in [7, 11) is 0. The molecule has 4 rings (SSSR count). The molecule has 2 aromatic rings. The minimum atomic E-state index is -0.923. The summed E-state index contributed by atoms with van der Waals surface area (Å²) in [5, 5.41) is 12.0. The molecule has 1 fully saturated rings. The maximum Gasteiger partial charge on any atom is 0.407 e. The van der Waals surface area contributed by atoms with E-state index in [9.17, 15) is 19.5 Å². The number of carboxylic acid groups (broad SMARTS) is 1. The van der Waals surface area contributed by atoms with Crippen LogP contribution in [0.4, 0.5) is 4.79 Å². The first kappa shape index (κ1) is 22.8. The number of alkyl carbamates (subject to hydrolysis) is 1. The Kier molecular flexibility index (Phi) is 7.27.